The topological polar surface area (TPSA) is 55.1 Å². The molecule has 0 atom stereocenters. The van der Waals surface area contributed by atoms with Gasteiger partial charge in [-0.1, -0.05) is 39.3 Å². The molecule has 0 saturated carbocycles. The van der Waals surface area contributed by atoms with Crippen LogP contribution in [-0.4, -0.2) is 11.1 Å². The Labute approximate surface area is 107 Å². The number of anilines is 1. The van der Waals surface area contributed by atoms with Crippen LogP contribution in [0.3, 0.4) is 0 Å². The smallest absolute Gasteiger partial charge is 0.277 e. The zero-order chi connectivity index (χ0) is 12.3. The summed E-state index contributed by atoms with van der Waals surface area (Å²) >= 11 is 3.37. The van der Waals surface area contributed by atoms with Gasteiger partial charge in [0.05, 0.1) is 0 Å². The van der Waals surface area contributed by atoms with Crippen LogP contribution in [0.4, 0.5) is 5.69 Å². The van der Waals surface area contributed by atoms with Crippen LogP contribution in [0.25, 0.3) is 0 Å². The lowest BCUT2D eigenvalue weighted by atomic mass is 10.2. The lowest BCUT2D eigenvalue weighted by Crippen LogP contribution is -2.13. The van der Waals surface area contributed by atoms with Crippen molar-refractivity contribution in [1.29, 1.82) is 0 Å². The Bertz CT molecular complexity index is 537. The molecule has 0 aliphatic heterocycles. The Hall–Kier alpha value is -1.62. The van der Waals surface area contributed by atoms with E-state index in [0.717, 1.165) is 11.3 Å². The fraction of sp³-hybridized carbons (Fsp3) is 0.167. The van der Waals surface area contributed by atoms with Gasteiger partial charge in [0, 0.05) is 17.1 Å². The predicted molar refractivity (Wildman–Crippen MR) is 68.3 cm³/mol. The summed E-state index contributed by atoms with van der Waals surface area (Å²) in [6, 6.07) is 9.19. The van der Waals surface area contributed by atoms with Crippen molar-refractivity contribution < 1.29 is 9.32 Å². The van der Waals surface area contributed by atoms with Crippen molar-refractivity contribution >= 4 is 27.5 Å². The molecule has 2 aromatic rings. The van der Waals surface area contributed by atoms with Crippen molar-refractivity contribution in [3.05, 3.63) is 47.3 Å². The van der Waals surface area contributed by atoms with Crippen LogP contribution in [0.1, 0.15) is 21.8 Å². The summed E-state index contributed by atoms with van der Waals surface area (Å²) in [4.78, 5) is 11.8. The number of benzene rings is 1. The molecule has 0 aliphatic carbocycles. The highest BCUT2D eigenvalue weighted by atomic mass is 79.9. The van der Waals surface area contributed by atoms with Gasteiger partial charge in [-0.05, 0) is 18.6 Å². The molecule has 0 spiro atoms. The molecule has 0 fully saturated rings. The summed E-state index contributed by atoms with van der Waals surface area (Å²) in [6.07, 6.45) is 0. The number of halogens is 1. The van der Waals surface area contributed by atoms with Crippen molar-refractivity contribution in [1.82, 2.24) is 5.16 Å². The van der Waals surface area contributed by atoms with Crippen LogP contribution in [0.2, 0.25) is 0 Å². The van der Waals surface area contributed by atoms with E-state index in [9.17, 15) is 4.79 Å². The van der Waals surface area contributed by atoms with Crippen LogP contribution in [-0.2, 0) is 5.33 Å². The number of rotatable bonds is 3. The van der Waals surface area contributed by atoms with Gasteiger partial charge < -0.3 is 9.84 Å². The van der Waals surface area contributed by atoms with Gasteiger partial charge in [-0.3, -0.25) is 4.79 Å². The monoisotopic (exact) mass is 294 g/mol. The van der Waals surface area contributed by atoms with Crippen LogP contribution in [0.5, 0.6) is 0 Å². The van der Waals surface area contributed by atoms with Crippen LogP contribution >= 0.6 is 15.9 Å². The fourth-order valence-corrected chi connectivity index (χ4v) is 1.91. The van der Waals surface area contributed by atoms with Crippen LogP contribution in [0.15, 0.2) is 34.9 Å². The van der Waals surface area contributed by atoms with E-state index in [-0.39, 0.29) is 11.6 Å². The largest absolute Gasteiger partial charge is 0.361 e. The van der Waals surface area contributed by atoms with Gasteiger partial charge in [-0.15, -0.1) is 0 Å². The molecule has 88 valence electrons. The first kappa shape index (κ1) is 11.9. The third-order valence-electron chi connectivity index (χ3n) is 2.27. The highest BCUT2D eigenvalue weighted by Gasteiger charge is 2.12. The molecule has 1 N–H and O–H groups in total. The second-order valence-electron chi connectivity index (χ2n) is 3.57. The van der Waals surface area contributed by atoms with Crippen molar-refractivity contribution in [3.8, 4) is 0 Å². The molecule has 1 heterocycles. The maximum Gasteiger partial charge on any atom is 0.277 e. The minimum atomic E-state index is -0.268. The lowest BCUT2D eigenvalue weighted by molar-refractivity contribution is 0.101. The summed E-state index contributed by atoms with van der Waals surface area (Å²) < 4.78 is 4.86. The molecule has 0 saturated heterocycles. The average Bonchev–Trinajstić information content (AvgIpc) is 2.77. The number of nitrogens with zero attached hydrogens (tertiary/aromatic N) is 1. The van der Waals surface area contributed by atoms with Crippen LogP contribution in [0, 0.1) is 6.92 Å². The van der Waals surface area contributed by atoms with E-state index in [1.807, 2.05) is 24.3 Å². The summed E-state index contributed by atoms with van der Waals surface area (Å²) in [5, 5.41) is 7.15. The molecule has 1 aromatic heterocycles. The Kier molecular flexibility index (Phi) is 3.58. The van der Waals surface area contributed by atoms with E-state index in [1.165, 1.54) is 0 Å². The zero-order valence-corrected chi connectivity index (χ0v) is 10.8. The first-order valence-electron chi connectivity index (χ1n) is 5.09. The highest BCUT2D eigenvalue weighted by molar-refractivity contribution is 9.08. The van der Waals surface area contributed by atoms with Crippen molar-refractivity contribution in [2.75, 3.05) is 5.32 Å². The predicted octanol–water partition coefficient (Wildman–Crippen LogP) is 3.13. The first-order valence-corrected chi connectivity index (χ1v) is 6.21. The van der Waals surface area contributed by atoms with Crippen molar-refractivity contribution in [2.24, 2.45) is 0 Å². The molecule has 0 bridgehead atoms. The van der Waals surface area contributed by atoms with Crippen molar-refractivity contribution in [2.45, 2.75) is 12.3 Å². The summed E-state index contributed by atoms with van der Waals surface area (Å²) in [5.74, 6) is 0.346. The quantitative estimate of drug-likeness (QED) is 0.885. The second kappa shape index (κ2) is 5.14. The molecule has 1 amide bonds. The first-order chi connectivity index (χ1) is 8.20. The van der Waals surface area contributed by atoms with E-state index in [4.69, 9.17) is 4.52 Å². The molecule has 0 radical (unpaired) electrons. The van der Waals surface area contributed by atoms with Gasteiger partial charge >= 0.3 is 0 Å². The SMILES string of the molecule is Cc1cc(C(=O)Nc2ccccc2CBr)no1. The number of alkyl halides is 1. The Morgan fingerprint density at radius 1 is 1.47 bits per heavy atom. The number of amides is 1. The molecular weight excluding hydrogens is 284 g/mol. The third-order valence-corrected chi connectivity index (χ3v) is 2.87. The van der Waals surface area contributed by atoms with Gasteiger partial charge in [-0.25, -0.2) is 0 Å². The number of aromatic nitrogens is 1. The fourth-order valence-electron chi connectivity index (χ4n) is 1.42. The third kappa shape index (κ3) is 2.74. The number of para-hydroxylation sites is 1. The average molecular weight is 295 g/mol. The number of carbonyl (C=O) groups excluding carboxylic acids is 1. The van der Waals surface area contributed by atoms with E-state index < -0.39 is 0 Å². The number of hydrogen-bond donors (Lipinski definition) is 1. The summed E-state index contributed by atoms with van der Waals surface area (Å²) in [6.45, 7) is 1.75. The Morgan fingerprint density at radius 3 is 2.88 bits per heavy atom. The van der Waals surface area contributed by atoms with Gasteiger partial charge in [0.2, 0.25) is 0 Å². The molecule has 0 aliphatic rings. The van der Waals surface area contributed by atoms with E-state index in [0.29, 0.717) is 11.1 Å². The second-order valence-corrected chi connectivity index (χ2v) is 4.13. The Balaban J connectivity index is 2.18. The van der Waals surface area contributed by atoms with E-state index in [2.05, 4.69) is 26.4 Å². The lowest BCUT2D eigenvalue weighted by Gasteiger charge is -2.07. The maximum atomic E-state index is 11.8. The normalized spacial score (nSPS) is 10.2. The minimum Gasteiger partial charge on any atom is -0.361 e. The standard InChI is InChI=1S/C12H11BrN2O2/c1-8-6-11(15-17-8)12(16)14-10-5-3-2-4-9(10)7-13/h2-6H,7H2,1H3,(H,14,16). The summed E-state index contributed by atoms with van der Waals surface area (Å²) in [7, 11) is 0. The number of carbonyl (C=O) groups is 1. The minimum absolute atomic E-state index is 0.268. The molecule has 5 heteroatoms. The molecule has 0 unspecified atom stereocenters. The zero-order valence-electron chi connectivity index (χ0n) is 9.24. The van der Waals surface area contributed by atoms with Gasteiger partial charge in [0.1, 0.15) is 5.76 Å². The molecule has 17 heavy (non-hydrogen) atoms. The molecule has 2 rings (SSSR count). The Morgan fingerprint density at radius 2 is 2.24 bits per heavy atom. The maximum absolute atomic E-state index is 11.8. The molecular formula is C12H11BrN2O2. The summed E-state index contributed by atoms with van der Waals surface area (Å²) in [5.41, 5.74) is 2.07. The van der Waals surface area contributed by atoms with E-state index in [1.54, 1.807) is 13.0 Å². The number of hydrogen-bond acceptors (Lipinski definition) is 3. The van der Waals surface area contributed by atoms with Gasteiger partial charge in [0.15, 0.2) is 5.69 Å². The van der Waals surface area contributed by atoms with Crippen molar-refractivity contribution in [3.63, 3.8) is 0 Å². The molecule has 4 nitrogen and oxygen atoms in total. The number of aryl methyl sites for hydroxylation is 1. The molecule has 1 aromatic carbocycles. The van der Waals surface area contributed by atoms with E-state index >= 15 is 0 Å². The van der Waals surface area contributed by atoms with Crippen LogP contribution < -0.4 is 5.32 Å². The number of nitrogens with one attached hydrogen (secondary N) is 1. The van der Waals surface area contributed by atoms with Gasteiger partial charge in [-0.2, -0.15) is 0 Å². The van der Waals surface area contributed by atoms with Gasteiger partial charge in [0.25, 0.3) is 5.91 Å². The highest BCUT2D eigenvalue weighted by Crippen LogP contribution is 2.18.